The molecule has 3 rings (SSSR count). The molecule has 33 heavy (non-hydrogen) atoms. The molecule has 0 unspecified atom stereocenters. The maximum atomic E-state index is 11.9. The van der Waals surface area contributed by atoms with Crippen LogP contribution in [0.15, 0.2) is 63.7 Å². The first-order chi connectivity index (χ1) is 15.8. The van der Waals surface area contributed by atoms with Gasteiger partial charge in [0.25, 0.3) is 16.0 Å². The van der Waals surface area contributed by atoms with Crippen LogP contribution < -0.4 is 0 Å². The number of azo groups is 1. The first kappa shape index (κ1) is 24.8. The van der Waals surface area contributed by atoms with Gasteiger partial charge >= 0.3 is 0 Å². The molecule has 14 heteroatoms. The molecule has 0 saturated carbocycles. The third kappa shape index (κ3) is 6.58. The molecule has 1 heterocycles. The zero-order chi connectivity index (χ0) is 23.8. The molecular formula is C19H20N4O8S2. The first-order valence-corrected chi connectivity index (χ1v) is 11.5. The van der Waals surface area contributed by atoms with E-state index in [0.29, 0.717) is 42.1 Å². The van der Waals surface area contributed by atoms with Gasteiger partial charge < -0.3 is 5.11 Å². The van der Waals surface area contributed by atoms with Gasteiger partial charge in [-0.2, -0.15) is 8.42 Å². The van der Waals surface area contributed by atoms with Crippen LogP contribution in [-0.2, 0) is 30.1 Å². The second-order valence-corrected chi connectivity index (χ2v) is 8.52. The summed E-state index contributed by atoms with van der Waals surface area (Å²) in [4.78, 5) is -0.427. The molecule has 3 aromatic rings. The molecule has 0 saturated heterocycles. The quantitative estimate of drug-likeness (QED) is 0.0860. The lowest BCUT2D eigenvalue weighted by molar-refractivity contribution is -0.434. The van der Waals surface area contributed by atoms with Crippen LogP contribution in [-0.4, -0.2) is 39.7 Å². The number of aromatic nitrogens is 2. The average molecular weight is 497 g/mol. The summed E-state index contributed by atoms with van der Waals surface area (Å²) >= 11 is 0.442. The molecule has 0 atom stereocenters. The number of para-hydroxylation sites is 1. The highest BCUT2D eigenvalue weighted by Crippen LogP contribution is 2.34. The number of nitrogens with zero attached hydrogens (tertiary/aromatic N) is 4. The summed E-state index contributed by atoms with van der Waals surface area (Å²) in [6.45, 7) is 1.90. The fraction of sp³-hybridized carbons (Fsp3) is 0.211. The highest BCUT2D eigenvalue weighted by atomic mass is 32.2. The van der Waals surface area contributed by atoms with Crippen molar-refractivity contribution in [2.24, 2.45) is 10.2 Å². The number of benzene rings is 2. The molecule has 0 spiro atoms. The Balaban J connectivity index is 1.81. The number of hydrogen-bond acceptors (Lipinski definition) is 11. The largest absolute Gasteiger partial charge is 0.491 e. The fourth-order valence-corrected chi connectivity index (χ4v) is 3.85. The predicted molar refractivity (Wildman–Crippen MR) is 117 cm³/mol. The number of rotatable bonds is 11. The van der Waals surface area contributed by atoms with E-state index in [-0.39, 0.29) is 23.9 Å². The first-order valence-electron chi connectivity index (χ1n) is 9.44. The summed E-state index contributed by atoms with van der Waals surface area (Å²) in [5.74, 6) is -0.376. The molecular weight excluding hydrogens is 476 g/mol. The zero-order valence-corrected chi connectivity index (χ0v) is 18.9. The van der Waals surface area contributed by atoms with Crippen molar-refractivity contribution in [1.29, 1.82) is 0 Å². The van der Waals surface area contributed by atoms with Gasteiger partial charge in [-0.05, 0) is 49.6 Å². The highest BCUT2D eigenvalue weighted by molar-refractivity contribution is 7.89. The highest BCUT2D eigenvalue weighted by Gasteiger charge is 2.18. The second-order valence-electron chi connectivity index (χ2n) is 6.62. The molecule has 0 fully saturated rings. The van der Waals surface area contributed by atoms with Crippen LogP contribution in [0.1, 0.15) is 17.7 Å². The van der Waals surface area contributed by atoms with Gasteiger partial charge in [0.1, 0.15) is 10.6 Å². The number of aromatic hydroxyl groups is 1. The summed E-state index contributed by atoms with van der Waals surface area (Å²) in [6, 6.07) is 13.4. The Morgan fingerprint density at radius 2 is 1.91 bits per heavy atom. The number of aryl methyl sites for hydroxylation is 1. The van der Waals surface area contributed by atoms with Gasteiger partial charge in [-0.15, -0.1) is 19.7 Å². The Hall–Kier alpha value is -2.85. The van der Waals surface area contributed by atoms with Crippen molar-refractivity contribution in [3.05, 3.63) is 59.8 Å². The SMILES string of the molecule is Cc1c(/N=N/c2ccc(CCCOSOOO)cc2S(=O)(=O)O)c(O)nn1-c1ccccc1. The van der Waals surface area contributed by atoms with Gasteiger partial charge in [-0.3, -0.25) is 8.74 Å². The van der Waals surface area contributed by atoms with Crippen molar-refractivity contribution >= 4 is 33.8 Å². The third-order valence-corrected chi connectivity index (χ3v) is 5.69. The monoisotopic (exact) mass is 496 g/mol. The molecule has 1 aromatic heterocycles. The van der Waals surface area contributed by atoms with Crippen molar-refractivity contribution in [3.63, 3.8) is 0 Å². The summed E-state index contributed by atoms with van der Waals surface area (Å²) in [5, 5.41) is 33.5. The van der Waals surface area contributed by atoms with E-state index in [9.17, 15) is 18.1 Å². The van der Waals surface area contributed by atoms with Crippen LogP contribution >= 0.6 is 12.3 Å². The van der Waals surface area contributed by atoms with E-state index in [1.54, 1.807) is 25.1 Å². The van der Waals surface area contributed by atoms with Crippen molar-refractivity contribution in [1.82, 2.24) is 9.78 Å². The van der Waals surface area contributed by atoms with Crippen molar-refractivity contribution in [3.8, 4) is 11.6 Å². The van der Waals surface area contributed by atoms with E-state index in [1.807, 2.05) is 18.2 Å². The van der Waals surface area contributed by atoms with Crippen LogP contribution in [0.4, 0.5) is 11.4 Å². The van der Waals surface area contributed by atoms with Gasteiger partial charge in [0, 0.05) is 0 Å². The fourth-order valence-electron chi connectivity index (χ4n) is 2.93. The minimum Gasteiger partial charge on any atom is -0.491 e. The van der Waals surface area contributed by atoms with Gasteiger partial charge in [-0.1, -0.05) is 29.3 Å². The maximum Gasteiger partial charge on any atom is 0.296 e. The van der Waals surface area contributed by atoms with Gasteiger partial charge in [0.05, 0.1) is 18.0 Å². The van der Waals surface area contributed by atoms with E-state index in [1.165, 1.54) is 16.8 Å². The van der Waals surface area contributed by atoms with Crippen molar-refractivity contribution < 1.29 is 36.9 Å². The van der Waals surface area contributed by atoms with E-state index in [0.717, 1.165) is 0 Å². The maximum absolute atomic E-state index is 11.9. The molecule has 2 aromatic carbocycles. The van der Waals surface area contributed by atoms with E-state index in [2.05, 4.69) is 24.7 Å². The summed E-state index contributed by atoms with van der Waals surface area (Å²) in [5.41, 5.74) is 1.75. The van der Waals surface area contributed by atoms with Crippen molar-refractivity contribution in [2.75, 3.05) is 6.61 Å². The predicted octanol–water partition coefficient (Wildman–Crippen LogP) is 4.48. The van der Waals surface area contributed by atoms with Crippen LogP contribution in [0.25, 0.3) is 5.69 Å². The second kappa shape index (κ2) is 11.3. The summed E-state index contributed by atoms with van der Waals surface area (Å²) in [6.07, 6.45) is 0.906. The topological polar surface area (TPSA) is 165 Å². The molecule has 0 aliphatic rings. The van der Waals surface area contributed by atoms with E-state index in [4.69, 9.17) is 9.44 Å². The van der Waals surface area contributed by atoms with Crippen LogP contribution in [0, 0.1) is 6.92 Å². The smallest absolute Gasteiger partial charge is 0.296 e. The third-order valence-electron chi connectivity index (χ3n) is 4.43. The van der Waals surface area contributed by atoms with Crippen LogP contribution in [0.5, 0.6) is 5.88 Å². The summed E-state index contributed by atoms with van der Waals surface area (Å²) in [7, 11) is -4.60. The molecule has 12 nitrogen and oxygen atoms in total. The Kier molecular flexibility index (Phi) is 8.51. The molecule has 0 amide bonds. The number of hydrogen-bond donors (Lipinski definition) is 3. The van der Waals surface area contributed by atoms with Crippen LogP contribution in [0.3, 0.4) is 0 Å². The Morgan fingerprint density at radius 3 is 2.61 bits per heavy atom. The molecule has 0 aliphatic heterocycles. The standard InChI is InChI=1S/C19H20N4O8S2/c1-13-18(19(24)22-23(13)15-7-3-2-4-8-15)21-20-16-10-9-14(12-17(16)33(26,27)28)6-5-11-29-32-31-30-25/h2-4,7-10,12,25H,5-6,11H2,1H3,(H,22,24)(H,26,27,28)/b21-20+. The van der Waals surface area contributed by atoms with Gasteiger partial charge in [-0.25, -0.2) is 9.94 Å². The average Bonchev–Trinajstić information content (AvgIpc) is 3.08. The molecule has 176 valence electrons. The molecule has 0 radical (unpaired) electrons. The molecule has 0 aliphatic carbocycles. The zero-order valence-electron chi connectivity index (χ0n) is 17.2. The molecule has 3 N–H and O–H groups in total. The Morgan fingerprint density at radius 1 is 1.15 bits per heavy atom. The van der Waals surface area contributed by atoms with Gasteiger partial charge in [0.2, 0.25) is 0 Å². The van der Waals surface area contributed by atoms with Crippen LogP contribution in [0.2, 0.25) is 0 Å². The lowest BCUT2D eigenvalue weighted by atomic mass is 10.1. The minimum atomic E-state index is -4.60. The van der Waals surface area contributed by atoms with E-state index < -0.39 is 15.0 Å². The Labute approximate surface area is 193 Å². The summed E-state index contributed by atoms with van der Waals surface area (Å²) < 4.78 is 43.9. The van der Waals surface area contributed by atoms with Crippen molar-refractivity contribution in [2.45, 2.75) is 24.7 Å². The lowest BCUT2D eigenvalue weighted by Crippen LogP contribution is -2.00. The minimum absolute atomic E-state index is 0.0629. The Bertz CT molecular complexity index is 1220. The lowest BCUT2D eigenvalue weighted by Gasteiger charge is -2.06. The normalized spacial score (nSPS) is 12.0. The van der Waals surface area contributed by atoms with Gasteiger partial charge in [0.15, 0.2) is 18.0 Å². The molecule has 0 bridgehead atoms. The van der Waals surface area contributed by atoms with E-state index >= 15 is 0 Å².